The molecule has 0 aromatic heterocycles. The van der Waals surface area contributed by atoms with Crippen LogP contribution < -0.4 is 5.32 Å². The van der Waals surface area contributed by atoms with Crippen LogP contribution in [0.2, 0.25) is 0 Å². The van der Waals surface area contributed by atoms with E-state index < -0.39 is 12.4 Å². The number of hydrogen-bond donors (Lipinski definition) is 2. The van der Waals surface area contributed by atoms with Gasteiger partial charge in [-0.3, -0.25) is 0 Å². The summed E-state index contributed by atoms with van der Waals surface area (Å²) in [6.07, 6.45) is 0.389. The second-order valence-electron chi connectivity index (χ2n) is 7.99. The molecule has 0 bridgehead atoms. The number of ether oxygens (including phenoxy) is 3. The zero-order valence-electron chi connectivity index (χ0n) is 17.4. The second kappa shape index (κ2) is 10.8. The molecule has 6 nitrogen and oxygen atoms in total. The first kappa shape index (κ1) is 22.8. The molecule has 25 heavy (non-hydrogen) atoms. The molecule has 2 N–H and O–H groups in total. The normalized spacial score (nSPS) is 32.4. The largest absolute Gasteiger partial charge is 0.386 e. The van der Waals surface area contributed by atoms with Crippen molar-refractivity contribution in [1.29, 1.82) is 0 Å². The van der Waals surface area contributed by atoms with Crippen LogP contribution in [0.4, 0.5) is 0 Å². The van der Waals surface area contributed by atoms with Gasteiger partial charge in [0, 0.05) is 13.2 Å². The van der Waals surface area contributed by atoms with Crippen LogP contribution in [-0.4, -0.2) is 81.6 Å². The van der Waals surface area contributed by atoms with Gasteiger partial charge in [0.2, 0.25) is 0 Å². The summed E-state index contributed by atoms with van der Waals surface area (Å²) in [6, 6.07) is 0.0331. The maximum Gasteiger partial charge on any atom is 0.185 e. The van der Waals surface area contributed by atoms with E-state index in [0.717, 1.165) is 19.4 Å². The molecular formula is C19H40N2O4. The minimum Gasteiger partial charge on any atom is -0.386 e. The molecule has 8 atom stereocenters. The van der Waals surface area contributed by atoms with E-state index in [1.807, 2.05) is 39.9 Å². The minimum absolute atomic E-state index is 0.0331. The van der Waals surface area contributed by atoms with Crippen molar-refractivity contribution in [3.63, 3.8) is 0 Å². The van der Waals surface area contributed by atoms with E-state index in [-0.39, 0.29) is 24.4 Å². The molecule has 1 rings (SSSR count). The van der Waals surface area contributed by atoms with Gasteiger partial charge in [0.05, 0.1) is 18.3 Å². The van der Waals surface area contributed by atoms with Crippen LogP contribution in [0.15, 0.2) is 0 Å². The van der Waals surface area contributed by atoms with Crippen LogP contribution in [-0.2, 0) is 14.2 Å². The van der Waals surface area contributed by atoms with Crippen molar-refractivity contribution in [2.75, 3.05) is 34.8 Å². The number of nitrogens with one attached hydrogen (secondary N) is 1. The highest BCUT2D eigenvalue weighted by Crippen LogP contribution is 2.29. The van der Waals surface area contributed by atoms with Crippen molar-refractivity contribution in [1.82, 2.24) is 10.2 Å². The summed E-state index contributed by atoms with van der Waals surface area (Å²) in [5, 5.41) is 14.0. The van der Waals surface area contributed by atoms with Gasteiger partial charge in [-0.2, -0.15) is 0 Å². The number of aliphatic hydroxyl groups is 1. The molecule has 0 radical (unpaired) electrons. The minimum atomic E-state index is -0.667. The van der Waals surface area contributed by atoms with Crippen LogP contribution >= 0.6 is 0 Å². The zero-order chi connectivity index (χ0) is 19.1. The Morgan fingerprint density at radius 2 is 1.92 bits per heavy atom. The lowest BCUT2D eigenvalue weighted by Gasteiger charge is -2.43. The highest BCUT2D eigenvalue weighted by molar-refractivity contribution is 4.87. The lowest BCUT2D eigenvalue weighted by atomic mass is 9.90. The molecule has 0 aromatic carbocycles. The van der Waals surface area contributed by atoms with Gasteiger partial charge in [-0.15, -0.1) is 0 Å². The van der Waals surface area contributed by atoms with Crippen molar-refractivity contribution in [2.45, 2.75) is 77.3 Å². The molecule has 1 saturated heterocycles. The van der Waals surface area contributed by atoms with Crippen molar-refractivity contribution in [3.8, 4) is 0 Å². The summed E-state index contributed by atoms with van der Waals surface area (Å²) < 4.78 is 17.8. The van der Waals surface area contributed by atoms with Crippen LogP contribution in [0.3, 0.4) is 0 Å². The first-order valence-corrected chi connectivity index (χ1v) is 9.54. The van der Waals surface area contributed by atoms with E-state index in [0.29, 0.717) is 11.8 Å². The molecule has 0 amide bonds. The Balaban J connectivity index is 2.82. The van der Waals surface area contributed by atoms with Gasteiger partial charge in [-0.25, -0.2) is 0 Å². The third-order valence-corrected chi connectivity index (χ3v) is 5.29. The number of rotatable bonds is 10. The number of aliphatic hydroxyl groups excluding tert-OH is 1. The predicted molar refractivity (Wildman–Crippen MR) is 101 cm³/mol. The molecule has 3 unspecified atom stereocenters. The summed E-state index contributed by atoms with van der Waals surface area (Å²) in [6.45, 7) is 9.45. The van der Waals surface area contributed by atoms with E-state index in [9.17, 15) is 5.11 Å². The van der Waals surface area contributed by atoms with Gasteiger partial charge >= 0.3 is 0 Å². The number of methoxy groups -OCH3 is 1. The molecule has 1 aliphatic heterocycles. The van der Waals surface area contributed by atoms with E-state index in [1.165, 1.54) is 0 Å². The monoisotopic (exact) mass is 360 g/mol. The Morgan fingerprint density at radius 3 is 2.44 bits per heavy atom. The van der Waals surface area contributed by atoms with Crippen molar-refractivity contribution < 1.29 is 19.3 Å². The standard InChI is InChI=1S/C19H40N2O4/c1-12(11-20-5)9-13(2)18(15(4)23-8)25-19-17(22)16(21(6)7)10-14(3)24-19/h12-20,22H,9-11H2,1-8H3/t12-,13+,14?,15?,16+,17-,18+,19?/m1/s1. The fraction of sp³-hybridized carbons (Fsp3) is 1.00. The Hall–Kier alpha value is -0.240. The maximum absolute atomic E-state index is 10.7. The lowest BCUT2D eigenvalue weighted by Crippen LogP contribution is -2.56. The Kier molecular flexibility index (Phi) is 9.85. The molecule has 1 aliphatic rings. The van der Waals surface area contributed by atoms with Crippen LogP contribution in [0, 0.1) is 11.8 Å². The Bertz CT molecular complexity index is 369. The highest BCUT2D eigenvalue weighted by Gasteiger charge is 2.40. The van der Waals surface area contributed by atoms with Gasteiger partial charge in [-0.05, 0) is 66.2 Å². The number of likely N-dealkylation sites (N-methyl/N-ethyl adjacent to an activating group) is 1. The van der Waals surface area contributed by atoms with Crippen LogP contribution in [0.25, 0.3) is 0 Å². The summed E-state index contributed by atoms with van der Waals surface area (Å²) >= 11 is 0. The van der Waals surface area contributed by atoms with E-state index in [1.54, 1.807) is 7.11 Å². The van der Waals surface area contributed by atoms with E-state index >= 15 is 0 Å². The summed E-state index contributed by atoms with van der Waals surface area (Å²) in [4.78, 5) is 2.05. The molecule has 1 fully saturated rings. The molecular weight excluding hydrogens is 320 g/mol. The predicted octanol–water partition coefficient (Wildman–Crippen LogP) is 1.71. The molecule has 1 heterocycles. The molecule has 0 aliphatic carbocycles. The highest BCUT2D eigenvalue weighted by atomic mass is 16.7. The molecule has 150 valence electrons. The second-order valence-corrected chi connectivity index (χ2v) is 7.99. The van der Waals surface area contributed by atoms with Gasteiger partial charge in [0.1, 0.15) is 6.10 Å². The van der Waals surface area contributed by atoms with E-state index in [2.05, 4.69) is 19.2 Å². The first-order valence-electron chi connectivity index (χ1n) is 9.54. The quantitative estimate of drug-likeness (QED) is 0.618. The molecule has 6 heteroatoms. The van der Waals surface area contributed by atoms with Gasteiger partial charge in [-0.1, -0.05) is 13.8 Å². The van der Waals surface area contributed by atoms with Gasteiger partial charge < -0.3 is 29.5 Å². The zero-order valence-corrected chi connectivity index (χ0v) is 17.4. The summed E-state index contributed by atoms with van der Waals surface area (Å²) in [5.41, 5.74) is 0. The van der Waals surface area contributed by atoms with Gasteiger partial charge in [0.15, 0.2) is 6.29 Å². The SMILES string of the molecule is CNC[C@H](C)C[C@H](C)[C@H](OC1OC(C)C[C@H](N(C)C)[C@H]1O)C(C)OC. The fourth-order valence-electron chi connectivity index (χ4n) is 3.85. The van der Waals surface area contributed by atoms with Crippen LogP contribution in [0.5, 0.6) is 0 Å². The molecule has 0 saturated carbocycles. The summed E-state index contributed by atoms with van der Waals surface area (Å²) in [5.74, 6) is 0.838. The Labute approximate surface area is 154 Å². The topological polar surface area (TPSA) is 63.2 Å². The number of nitrogens with zero attached hydrogens (tertiary/aromatic N) is 1. The molecule has 0 spiro atoms. The average molecular weight is 361 g/mol. The third kappa shape index (κ3) is 6.77. The Morgan fingerprint density at radius 1 is 1.28 bits per heavy atom. The molecule has 0 aromatic rings. The van der Waals surface area contributed by atoms with Gasteiger partial charge in [0.25, 0.3) is 0 Å². The first-order chi connectivity index (χ1) is 11.7. The van der Waals surface area contributed by atoms with Crippen LogP contribution in [0.1, 0.15) is 40.5 Å². The average Bonchev–Trinajstić information content (AvgIpc) is 2.54. The van der Waals surface area contributed by atoms with Crippen molar-refractivity contribution in [2.24, 2.45) is 11.8 Å². The van der Waals surface area contributed by atoms with Crippen molar-refractivity contribution >= 4 is 0 Å². The number of hydrogen-bond acceptors (Lipinski definition) is 6. The summed E-state index contributed by atoms with van der Waals surface area (Å²) in [7, 11) is 7.65. The third-order valence-electron chi connectivity index (χ3n) is 5.29. The lowest BCUT2D eigenvalue weighted by molar-refractivity contribution is -0.284. The van der Waals surface area contributed by atoms with Crippen molar-refractivity contribution in [3.05, 3.63) is 0 Å². The maximum atomic E-state index is 10.7. The van der Waals surface area contributed by atoms with E-state index in [4.69, 9.17) is 14.2 Å². The smallest absolute Gasteiger partial charge is 0.185 e. The fourth-order valence-corrected chi connectivity index (χ4v) is 3.85.